The maximum absolute atomic E-state index is 13.0. The molecule has 2 aromatic heterocycles. The van der Waals surface area contributed by atoms with Crippen molar-refractivity contribution in [3.8, 4) is 0 Å². The number of carboxylic acids is 1. The van der Waals surface area contributed by atoms with E-state index in [2.05, 4.69) is 26.1 Å². The molecule has 1 saturated heterocycles. The Labute approximate surface area is 223 Å². The summed E-state index contributed by atoms with van der Waals surface area (Å²) in [5.41, 5.74) is 0.847. The molecule has 0 radical (unpaired) electrons. The first kappa shape index (κ1) is 26.8. The van der Waals surface area contributed by atoms with E-state index in [4.69, 9.17) is 4.84 Å². The number of nitrogens with zero attached hydrogens (tertiary/aromatic N) is 5. The number of carbonyl (C=O) groups excluding carboxylic acids is 5. The van der Waals surface area contributed by atoms with E-state index in [0.717, 1.165) is 21.8 Å². The van der Waals surface area contributed by atoms with Crippen molar-refractivity contribution in [2.75, 3.05) is 23.5 Å². The van der Waals surface area contributed by atoms with Crippen molar-refractivity contribution < 1.29 is 38.6 Å². The lowest BCUT2D eigenvalue weighted by molar-refractivity contribution is -0.765. The molecular formula is C21H22N8O7S2. The molecule has 2 aliphatic rings. The van der Waals surface area contributed by atoms with E-state index in [-0.39, 0.29) is 34.5 Å². The number of hydrogen-bond donors (Lipinski definition) is 3. The fourth-order valence-electron chi connectivity index (χ4n) is 4.16. The third kappa shape index (κ3) is 4.84. The third-order valence-corrected chi connectivity index (χ3v) is 7.94. The van der Waals surface area contributed by atoms with Gasteiger partial charge < -0.3 is 30.7 Å². The van der Waals surface area contributed by atoms with E-state index in [1.54, 1.807) is 29.5 Å². The van der Waals surface area contributed by atoms with Crippen LogP contribution in [0.25, 0.3) is 0 Å². The zero-order valence-electron chi connectivity index (χ0n) is 20.3. The second-order valence-corrected chi connectivity index (χ2v) is 10.0. The number of aliphatic carboxylic acids is 1. The summed E-state index contributed by atoms with van der Waals surface area (Å²) in [6.45, 7) is 1.92. The average molecular weight is 563 g/mol. The van der Waals surface area contributed by atoms with Crippen LogP contribution in [-0.2, 0) is 42.4 Å². The molecule has 0 unspecified atom stereocenters. The van der Waals surface area contributed by atoms with Crippen molar-refractivity contribution in [1.29, 1.82) is 0 Å². The lowest BCUT2D eigenvalue weighted by Crippen LogP contribution is -2.71. The standard InChI is InChI=1S/C21H22N8O7S2/c1-10-4-28(27(2)16(10)22-8-30)5-11-6-37-19-14(18(33)29(19)15(11)20(34)35)25-17(32)13(26-36-3)12-7-38-21(24-12)23-9-31/h4,7-9,14,19H,5-6H2,1-3H3,(H3,23,24,25,31,32,34,35)/t14-,19-/m1/s1. The zero-order valence-corrected chi connectivity index (χ0v) is 21.9. The summed E-state index contributed by atoms with van der Waals surface area (Å²) in [5, 5.41) is 24.4. The van der Waals surface area contributed by atoms with Crippen molar-refractivity contribution in [2.24, 2.45) is 12.2 Å². The number of fused-ring (bicyclic) bond motifs is 1. The molecule has 2 atom stereocenters. The minimum Gasteiger partial charge on any atom is -0.543 e. The number of thiazole rings is 1. The van der Waals surface area contributed by atoms with Crippen LogP contribution in [-0.4, -0.2) is 75.2 Å². The largest absolute Gasteiger partial charge is 0.543 e. The fraction of sp³-hybridized carbons (Fsp3) is 0.333. The van der Waals surface area contributed by atoms with E-state index in [1.807, 2.05) is 0 Å². The minimum atomic E-state index is -1.51. The Balaban J connectivity index is 1.54. The van der Waals surface area contributed by atoms with Crippen molar-refractivity contribution in [3.63, 3.8) is 0 Å². The number of aromatic nitrogens is 3. The second-order valence-electron chi connectivity index (χ2n) is 8.07. The number of thioether (sulfide) groups is 1. The van der Waals surface area contributed by atoms with Crippen LogP contribution in [0.5, 0.6) is 0 Å². The fourth-order valence-corrected chi connectivity index (χ4v) is 6.15. The van der Waals surface area contributed by atoms with E-state index >= 15 is 0 Å². The Hall–Kier alpha value is -4.25. The predicted octanol–water partition coefficient (Wildman–Crippen LogP) is -2.33. The molecule has 0 bridgehead atoms. The highest BCUT2D eigenvalue weighted by Crippen LogP contribution is 2.40. The van der Waals surface area contributed by atoms with E-state index in [9.17, 15) is 29.1 Å². The lowest BCUT2D eigenvalue weighted by atomic mass is 10.0. The highest BCUT2D eigenvalue weighted by Gasteiger charge is 2.53. The Kier molecular flexibility index (Phi) is 7.77. The quantitative estimate of drug-likeness (QED) is 0.0886. The van der Waals surface area contributed by atoms with Gasteiger partial charge in [0.1, 0.15) is 24.2 Å². The SMILES string of the molecule is CON=C(C(=O)N[C@@H]1C(=O)N2C(C(=O)[O-])=C(C[n+]3cc(C)c(NC=O)n3C)CS[C@H]12)c1csc(NC=O)n1. The Morgan fingerprint density at radius 1 is 1.34 bits per heavy atom. The first-order valence-electron chi connectivity index (χ1n) is 10.9. The van der Waals surface area contributed by atoms with Crippen LogP contribution in [0.4, 0.5) is 10.9 Å². The number of amides is 4. The van der Waals surface area contributed by atoms with Crippen LogP contribution in [0.2, 0.25) is 0 Å². The Morgan fingerprint density at radius 3 is 2.74 bits per heavy atom. The van der Waals surface area contributed by atoms with Gasteiger partial charge in [0.2, 0.25) is 19.0 Å². The summed E-state index contributed by atoms with van der Waals surface area (Å²) in [5.74, 6) is -2.10. The van der Waals surface area contributed by atoms with Gasteiger partial charge in [-0.05, 0) is 6.92 Å². The monoisotopic (exact) mass is 562 g/mol. The van der Waals surface area contributed by atoms with Gasteiger partial charge in [-0.15, -0.1) is 32.5 Å². The number of hydrogen-bond acceptors (Lipinski definition) is 11. The van der Waals surface area contributed by atoms with Gasteiger partial charge >= 0.3 is 0 Å². The molecule has 38 heavy (non-hydrogen) atoms. The number of aryl methyl sites for hydroxylation is 1. The molecule has 0 saturated carbocycles. The molecule has 17 heteroatoms. The number of rotatable bonds is 11. The van der Waals surface area contributed by atoms with Gasteiger partial charge in [-0.2, -0.15) is 0 Å². The van der Waals surface area contributed by atoms with Gasteiger partial charge in [0.15, 0.2) is 23.2 Å². The van der Waals surface area contributed by atoms with E-state index in [1.165, 1.54) is 24.3 Å². The molecule has 0 aliphatic carbocycles. The maximum atomic E-state index is 13.0. The third-order valence-electron chi connectivity index (χ3n) is 5.83. The van der Waals surface area contributed by atoms with Crippen LogP contribution in [0.15, 0.2) is 28.0 Å². The van der Waals surface area contributed by atoms with Crippen LogP contribution in [0.3, 0.4) is 0 Å². The molecule has 4 heterocycles. The van der Waals surface area contributed by atoms with Gasteiger partial charge in [-0.25, -0.2) is 4.98 Å². The van der Waals surface area contributed by atoms with Gasteiger partial charge in [0.25, 0.3) is 11.8 Å². The first-order valence-corrected chi connectivity index (χ1v) is 12.9. The van der Waals surface area contributed by atoms with E-state index < -0.39 is 29.2 Å². The maximum Gasteiger partial charge on any atom is 0.276 e. The molecule has 0 aromatic carbocycles. The number of oxime groups is 1. The van der Waals surface area contributed by atoms with Crippen LogP contribution >= 0.6 is 23.1 Å². The molecule has 2 aliphatic heterocycles. The van der Waals surface area contributed by atoms with Gasteiger partial charge in [-0.1, -0.05) is 5.16 Å². The highest BCUT2D eigenvalue weighted by atomic mass is 32.2. The van der Waals surface area contributed by atoms with Gasteiger partial charge in [0.05, 0.1) is 24.3 Å². The molecule has 0 spiro atoms. The van der Waals surface area contributed by atoms with Crippen molar-refractivity contribution in [1.82, 2.24) is 19.9 Å². The lowest BCUT2D eigenvalue weighted by Gasteiger charge is -2.50. The van der Waals surface area contributed by atoms with Crippen molar-refractivity contribution in [3.05, 3.63) is 34.1 Å². The molecule has 15 nitrogen and oxygen atoms in total. The molecular weight excluding hydrogens is 540 g/mol. The van der Waals surface area contributed by atoms with E-state index in [0.29, 0.717) is 24.2 Å². The number of anilines is 2. The number of nitrogens with one attached hydrogen (secondary N) is 3. The first-order chi connectivity index (χ1) is 18.2. The summed E-state index contributed by atoms with van der Waals surface area (Å²) in [6.07, 6.45) is 2.73. The van der Waals surface area contributed by atoms with Crippen molar-refractivity contribution >= 4 is 70.4 Å². The number of carboxylic acid groups (broad SMARTS) is 1. The van der Waals surface area contributed by atoms with Crippen LogP contribution < -0.4 is 25.7 Å². The molecule has 200 valence electrons. The van der Waals surface area contributed by atoms with Crippen LogP contribution in [0, 0.1) is 6.92 Å². The van der Waals surface area contributed by atoms with Crippen molar-refractivity contribution in [2.45, 2.75) is 24.9 Å². The Morgan fingerprint density at radius 2 is 2.08 bits per heavy atom. The molecule has 2 aromatic rings. The molecule has 4 amide bonds. The summed E-state index contributed by atoms with van der Waals surface area (Å²) in [6, 6.07) is -1.02. The summed E-state index contributed by atoms with van der Waals surface area (Å²) in [7, 11) is 2.94. The average Bonchev–Trinajstić information content (AvgIpc) is 3.45. The number of carbonyl (C=O) groups is 5. The van der Waals surface area contributed by atoms with Gasteiger partial charge in [-0.3, -0.25) is 24.1 Å². The number of β-lactam (4-membered cyclic amide) rings is 1. The topological polar surface area (TPSA) is 191 Å². The molecule has 1 fully saturated rings. The Bertz CT molecular complexity index is 1380. The highest BCUT2D eigenvalue weighted by molar-refractivity contribution is 8.00. The summed E-state index contributed by atoms with van der Waals surface area (Å²) in [4.78, 5) is 69.6. The van der Waals surface area contributed by atoms with Crippen LogP contribution in [0.1, 0.15) is 11.3 Å². The molecule has 3 N–H and O–H groups in total. The molecule has 4 rings (SSSR count). The predicted molar refractivity (Wildman–Crippen MR) is 132 cm³/mol. The smallest absolute Gasteiger partial charge is 0.276 e. The minimum absolute atomic E-state index is 0.120. The second kappa shape index (κ2) is 11.0. The summed E-state index contributed by atoms with van der Waals surface area (Å²) < 4.78 is 3.37. The summed E-state index contributed by atoms with van der Waals surface area (Å²) >= 11 is 2.35. The van der Waals surface area contributed by atoms with Gasteiger partial charge in [0, 0.05) is 16.7 Å². The normalized spacial score (nSPS) is 18.9. The zero-order chi connectivity index (χ0) is 27.6.